The second kappa shape index (κ2) is 8.52. The molecule has 17 heavy (non-hydrogen) atoms. The molecule has 1 aliphatic carbocycles. The van der Waals surface area contributed by atoms with E-state index in [1.807, 2.05) is 0 Å². The predicted octanol–water partition coefficient (Wildman–Crippen LogP) is 1.70. The Morgan fingerprint density at radius 3 is 2.76 bits per heavy atom. The third-order valence-electron chi connectivity index (χ3n) is 3.20. The van der Waals surface area contributed by atoms with Gasteiger partial charge in [-0.05, 0) is 19.3 Å². The quantitative estimate of drug-likeness (QED) is 0.633. The van der Waals surface area contributed by atoms with Crippen LogP contribution in [0.2, 0.25) is 0 Å². The first-order chi connectivity index (χ1) is 8.26. The first-order valence-corrected chi connectivity index (χ1v) is 6.75. The highest BCUT2D eigenvalue weighted by Gasteiger charge is 2.17. The average Bonchev–Trinajstić information content (AvgIpc) is 2.85. The Labute approximate surface area is 105 Å². The van der Waals surface area contributed by atoms with Crippen LogP contribution in [-0.4, -0.2) is 36.5 Å². The minimum atomic E-state index is -0.455. The fourth-order valence-electron chi connectivity index (χ4n) is 2.17. The molecule has 0 aliphatic heterocycles. The van der Waals surface area contributed by atoms with Gasteiger partial charge in [-0.25, -0.2) is 0 Å². The molecule has 98 valence electrons. The molecule has 0 aromatic carbocycles. The van der Waals surface area contributed by atoms with Crippen molar-refractivity contribution >= 4 is 0 Å². The fourth-order valence-corrected chi connectivity index (χ4v) is 2.17. The Kier molecular flexibility index (Phi) is 7.27. The zero-order chi connectivity index (χ0) is 12.5. The zero-order valence-corrected chi connectivity index (χ0v) is 10.8. The summed E-state index contributed by atoms with van der Waals surface area (Å²) in [5.41, 5.74) is 0. The first-order valence-electron chi connectivity index (χ1n) is 6.75. The summed E-state index contributed by atoms with van der Waals surface area (Å²) in [6, 6.07) is 0.0705. The van der Waals surface area contributed by atoms with E-state index in [1.165, 1.54) is 12.8 Å². The van der Waals surface area contributed by atoms with E-state index in [2.05, 4.69) is 18.2 Å². The molecule has 1 aliphatic rings. The first kappa shape index (κ1) is 14.5. The van der Waals surface area contributed by atoms with Gasteiger partial charge in [0.2, 0.25) is 0 Å². The normalized spacial score (nSPS) is 20.1. The predicted molar refractivity (Wildman–Crippen MR) is 69.7 cm³/mol. The van der Waals surface area contributed by atoms with Gasteiger partial charge in [0.05, 0.1) is 24.9 Å². The van der Waals surface area contributed by atoms with Crippen molar-refractivity contribution < 1.29 is 9.84 Å². The Bertz CT molecular complexity index is 231. The number of aliphatic hydroxyl groups excluding tert-OH is 1. The zero-order valence-electron chi connectivity index (χ0n) is 10.8. The average molecular weight is 239 g/mol. The summed E-state index contributed by atoms with van der Waals surface area (Å²) in [6.07, 6.45) is 12.1. The van der Waals surface area contributed by atoms with E-state index in [-0.39, 0.29) is 6.04 Å². The van der Waals surface area contributed by atoms with Crippen molar-refractivity contribution in [1.29, 1.82) is 0 Å². The smallest absolute Gasteiger partial charge is 0.0898 e. The minimum absolute atomic E-state index is 0.0705. The lowest BCUT2D eigenvalue weighted by molar-refractivity contribution is -0.00583. The van der Waals surface area contributed by atoms with E-state index in [4.69, 9.17) is 11.2 Å². The van der Waals surface area contributed by atoms with E-state index in [0.29, 0.717) is 19.3 Å². The highest BCUT2D eigenvalue weighted by Crippen LogP contribution is 2.20. The Balaban J connectivity index is 2.07. The summed E-state index contributed by atoms with van der Waals surface area (Å²) >= 11 is 0. The molecule has 1 fully saturated rings. The van der Waals surface area contributed by atoms with Crippen LogP contribution in [0, 0.1) is 12.3 Å². The third kappa shape index (κ3) is 6.07. The molecule has 2 unspecified atom stereocenters. The lowest BCUT2D eigenvalue weighted by atomic mass is 10.2. The summed E-state index contributed by atoms with van der Waals surface area (Å²) in [4.78, 5) is 0. The Morgan fingerprint density at radius 1 is 1.47 bits per heavy atom. The van der Waals surface area contributed by atoms with E-state index in [0.717, 1.165) is 25.7 Å². The standard InChI is InChI=1S/C14H25NO2/c1-3-7-12(4-2)15-10-13(16)11-17-14-8-5-6-9-14/h2,12-16H,3,5-11H2,1H3. The second-order valence-electron chi connectivity index (χ2n) is 4.81. The molecule has 0 aromatic rings. The van der Waals surface area contributed by atoms with Gasteiger partial charge in [-0.3, -0.25) is 0 Å². The number of hydrogen-bond acceptors (Lipinski definition) is 3. The SMILES string of the molecule is C#CC(CCC)NCC(O)COC1CCCC1. The van der Waals surface area contributed by atoms with Crippen LogP contribution >= 0.6 is 0 Å². The molecule has 0 bridgehead atoms. The number of aliphatic hydroxyl groups is 1. The maximum atomic E-state index is 9.77. The Morgan fingerprint density at radius 2 is 2.18 bits per heavy atom. The van der Waals surface area contributed by atoms with E-state index >= 15 is 0 Å². The molecule has 3 nitrogen and oxygen atoms in total. The van der Waals surface area contributed by atoms with Crippen LogP contribution in [0.3, 0.4) is 0 Å². The van der Waals surface area contributed by atoms with Gasteiger partial charge in [0.1, 0.15) is 0 Å². The van der Waals surface area contributed by atoms with Crippen molar-refractivity contribution in [3.8, 4) is 12.3 Å². The maximum absolute atomic E-state index is 9.77. The van der Waals surface area contributed by atoms with Crippen molar-refractivity contribution in [2.24, 2.45) is 0 Å². The van der Waals surface area contributed by atoms with Gasteiger partial charge in [0.15, 0.2) is 0 Å². The highest BCUT2D eigenvalue weighted by molar-refractivity contribution is 4.98. The molecule has 2 N–H and O–H groups in total. The third-order valence-corrected chi connectivity index (χ3v) is 3.20. The van der Waals surface area contributed by atoms with Gasteiger partial charge in [-0.15, -0.1) is 6.42 Å². The van der Waals surface area contributed by atoms with Gasteiger partial charge in [-0.2, -0.15) is 0 Å². The number of hydrogen-bond donors (Lipinski definition) is 2. The van der Waals surface area contributed by atoms with Crippen LogP contribution in [0.1, 0.15) is 45.4 Å². The molecular formula is C14H25NO2. The largest absolute Gasteiger partial charge is 0.389 e. The highest BCUT2D eigenvalue weighted by atomic mass is 16.5. The second-order valence-corrected chi connectivity index (χ2v) is 4.81. The number of nitrogens with one attached hydrogen (secondary N) is 1. The molecule has 1 saturated carbocycles. The minimum Gasteiger partial charge on any atom is -0.389 e. The molecular weight excluding hydrogens is 214 g/mol. The molecule has 2 atom stereocenters. The van der Waals surface area contributed by atoms with Crippen molar-refractivity contribution in [3.63, 3.8) is 0 Å². The number of terminal acetylenes is 1. The molecule has 1 rings (SSSR count). The van der Waals surface area contributed by atoms with Crippen molar-refractivity contribution in [2.45, 2.75) is 63.7 Å². The molecule has 0 saturated heterocycles. The summed E-state index contributed by atoms with van der Waals surface area (Å²) in [7, 11) is 0. The lowest BCUT2D eigenvalue weighted by Gasteiger charge is -2.18. The van der Waals surface area contributed by atoms with Crippen LogP contribution in [0.5, 0.6) is 0 Å². The topological polar surface area (TPSA) is 41.5 Å². The summed E-state index contributed by atoms with van der Waals surface area (Å²) in [6.45, 7) is 3.04. The van der Waals surface area contributed by atoms with Crippen LogP contribution in [-0.2, 0) is 4.74 Å². The monoisotopic (exact) mass is 239 g/mol. The van der Waals surface area contributed by atoms with Gasteiger partial charge in [0.25, 0.3) is 0 Å². The number of rotatable bonds is 8. The summed E-state index contributed by atoms with van der Waals surface area (Å²) in [5.74, 6) is 2.69. The van der Waals surface area contributed by atoms with Crippen molar-refractivity contribution in [3.05, 3.63) is 0 Å². The van der Waals surface area contributed by atoms with Gasteiger partial charge in [-0.1, -0.05) is 32.1 Å². The van der Waals surface area contributed by atoms with Crippen molar-refractivity contribution in [1.82, 2.24) is 5.32 Å². The molecule has 0 aromatic heterocycles. The maximum Gasteiger partial charge on any atom is 0.0898 e. The van der Waals surface area contributed by atoms with Gasteiger partial charge < -0.3 is 15.2 Å². The molecule has 0 radical (unpaired) electrons. The Hall–Kier alpha value is -0.560. The molecule has 0 amide bonds. The van der Waals surface area contributed by atoms with Gasteiger partial charge >= 0.3 is 0 Å². The van der Waals surface area contributed by atoms with E-state index in [9.17, 15) is 5.11 Å². The van der Waals surface area contributed by atoms with Crippen LogP contribution in [0.15, 0.2) is 0 Å². The summed E-state index contributed by atoms with van der Waals surface area (Å²) in [5, 5.41) is 12.9. The summed E-state index contributed by atoms with van der Waals surface area (Å²) < 4.78 is 5.65. The molecule has 3 heteroatoms. The molecule has 0 spiro atoms. The van der Waals surface area contributed by atoms with Crippen molar-refractivity contribution in [2.75, 3.05) is 13.2 Å². The number of ether oxygens (including phenoxy) is 1. The van der Waals surface area contributed by atoms with Gasteiger partial charge in [0, 0.05) is 6.54 Å². The van der Waals surface area contributed by atoms with E-state index < -0.39 is 6.10 Å². The van der Waals surface area contributed by atoms with Crippen LogP contribution in [0.25, 0.3) is 0 Å². The molecule has 0 heterocycles. The van der Waals surface area contributed by atoms with Crippen LogP contribution in [0.4, 0.5) is 0 Å². The lowest BCUT2D eigenvalue weighted by Crippen LogP contribution is -2.37. The van der Waals surface area contributed by atoms with E-state index in [1.54, 1.807) is 0 Å². The van der Waals surface area contributed by atoms with Crippen LogP contribution < -0.4 is 5.32 Å². The fraction of sp³-hybridized carbons (Fsp3) is 0.857.